The fourth-order valence-corrected chi connectivity index (χ4v) is 2.66. The van der Waals surface area contributed by atoms with Crippen LogP contribution in [-0.2, 0) is 0 Å². The summed E-state index contributed by atoms with van der Waals surface area (Å²) in [6.07, 6.45) is 5.86. The average Bonchev–Trinajstić information content (AvgIpc) is 2.57. The van der Waals surface area contributed by atoms with Crippen molar-refractivity contribution in [1.29, 1.82) is 0 Å². The first kappa shape index (κ1) is 17.0. The molecule has 0 saturated carbocycles. The lowest BCUT2D eigenvalue weighted by atomic mass is 10.2. The second kappa shape index (κ2) is 8.32. The lowest BCUT2D eigenvalue weighted by molar-refractivity contribution is 0.330. The number of nitrogens with two attached hydrogens (primary N) is 1. The molecule has 0 amide bonds. The van der Waals surface area contributed by atoms with E-state index in [2.05, 4.69) is 28.5 Å². The van der Waals surface area contributed by atoms with E-state index in [4.69, 9.17) is 10.5 Å². The Hall–Kier alpha value is -2.36. The van der Waals surface area contributed by atoms with Gasteiger partial charge in [0.15, 0.2) is 0 Å². The highest BCUT2D eigenvalue weighted by Gasteiger charge is 2.17. The summed E-state index contributed by atoms with van der Waals surface area (Å²) in [4.78, 5) is 4.74. The SMILES string of the molecule is C=C/C(=C\C=C(/C)N)N1CCN(c2ccc(OCC)cc2)CC1. The van der Waals surface area contributed by atoms with Crippen LogP contribution in [0.5, 0.6) is 5.75 Å². The summed E-state index contributed by atoms with van der Waals surface area (Å²) < 4.78 is 5.50. The molecule has 0 atom stereocenters. The molecule has 0 bridgehead atoms. The molecule has 1 aromatic rings. The maximum atomic E-state index is 5.70. The fourth-order valence-electron chi connectivity index (χ4n) is 2.66. The largest absolute Gasteiger partial charge is 0.494 e. The molecular formula is C19H27N3O. The Bertz CT molecular complexity index is 563. The summed E-state index contributed by atoms with van der Waals surface area (Å²) in [7, 11) is 0. The van der Waals surface area contributed by atoms with E-state index in [0.717, 1.165) is 43.3 Å². The zero-order chi connectivity index (χ0) is 16.7. The van der Waals surface area contributed by atoms with Crippen LogP contribution in [0.25, 0.3) is 0 Å². The molecule has 23 heavy (non-hydrogen) atoms. The molecular weight excluding hydrogens is 286 g/mol. The second-order valence-corrected chi connectivity index (χ2v) is 5.61. The number of allylic oxidation sites excluding steroid dienone is 4. The molecule has 1 fully saturated rings. The van der Waals surface area contributed by atoms with Crippen LogP contribution in [0, 0.1) is 0 Å². The molecule has 0 unspecified atom stereocenters. The number of nitrogens with zero attached hydrogens (tertiary/aromatic N) is 2. The number of benzene rings is 1. The van der Waals surface area contributed by atoms with Gasteiger partial charge >= 0.3 is 0 Å². The lowest BCUT2D eigenvalue weighted by Crippen LogP contribution is -2.45. The van der Waals surface area contributed by atoms with Crippen molar-refractivity contribution in [2.75, 3.05) is 37.7 Å². The van der Waals surface area contributed by atoms with Gasteiger partial charge in [0, 0.05) is 43.3 Å². The van der Waals surface area contributed by atoms with Crippen LogP contribution in [0.3, 0.4) is 0 Å². The molecule has 1 saturated heterocycles. The van der Waals surface area contributed by atoms with Gasteiger partial charge in [0.25, 0.3) is 0 Å². The third kappa shape index (κ3) is 4.81. The van der Waals surface area contributed by atoms with Crippen molar-refractivity contribution in [3.8, 4) is 5.75 Å². The van der Waals surface area contributed by atoms with Crippen LogP contribution in [0.1, 0.15) is 13.8 Å². The monoisotopic (exact) mass is 313 g/mol. The van der Waals surface area contributed by atoms with Crippen molar-refractivity contribution in [2.45, 2.75) is 13.8 Å². The Morgan fingerprint density at radius 2 is 1.83 bits per heavy atom. The number of hydrogen-bond acceptors (Lipinski definition) is 4. The van der Waals surface area contributed by atoms with Crippen molar-refractivity contribution in [1.82, 2.24) is 4.90 Å². The van der Waals surface area contributed by atoms with E-state index < -0.39 is 0 Å². The van der Waals surface area contributed by atoms with Crippen LogP contribution in [-0.4, -0.2) is 37.7 Å². The molecule has 4 nitrogen and oxygen atoms in total. The maximum absolute atomic E-state index is 5.70. The molecule has 2 rings (SSSR count). The number of hydrogen-bond donors (Lipinski definition) is 1. The lowest BCUT2D eigenvalue weighted by Gasteiger charge is -2.37. The molecule has 1 aliphatic rings. The smallest absolute Gasteiger partial charge is 0.119 e. The van der Waals surface area contributed by atoms with Gasteiger partial charge in [-0.25, -0.2) is 0 Å². The topological polar surface area (TPSA) is 41.7 Å². The van der Waals surface area contributed by atoms with Gasteiger partial charge in [-0.2, -0.15) is 0 Å². The minimum Gasteiger partial charge on any atom is -0.494 e. The third-order valence-electron chi connectivity index (χ3n) is 3.88. The van der Waals surface area contributed by atoms with Gasteiger partial charge in [-0.05, 0) is 56.3 Å². The minimum atomic E-state index is 0.700. The Balaban J connectivity index is 1.96. The summed E-state index contributed by atoms with van der Waals surface area (Å²) >= 11 is 0. The van der Waals surface area contributed by atoms with Crippen LogP contribution < -0.4 is 15.4 Å². The van der Waals surface area contributed by atoms with Crippen LogP contribution in [0.15, 0.2) is 60.5 Å². The summed E-state index contributed by atoms with van der Waals surface area (Å²) in [5.74, 6) is 0.927. The molecule has 1 aromatic carbocycles. The molecule has 1 aliphatic heterocycles. The fraction of sp³-hybridized carbons (Fsp3) is 0.368. The quantitative estimate of drug-likeness (QED) is 0.819. The summed E-state index contributed by atoms with van der Waals surface area (Å²) in [5, 5.41) is 0. The zero-order valence-corrected chi connectivity index (χ0v) is 14.2. The first-order valence-electron chi connectivity index (χ1n) is 8.13. The normalized spacial score (nSPS) is 16.4. The molecule has 0 aliphatic carbocycles. The van der Waals surface area contributed by atoms with Crippen molar-refractivity contribution < 1.29 is 4.74 Å². The van der Waals surface area contributed by atoms with Crippen LogP contribution in [0.4, 0.5) is 5.69 Å². The van der Waals surface area contributed by atoms with Gasteiger partial charge in [0.1, 0.15) is 5.75 Å². The van der Waals surface area contributed by atoms with E-state index in [9.17, 15) is 0 Å². The summed E-state index contributed by atoms with van der Waals surface area (Å²) in [6.45, 7) is 12.4. The molecule has 2 N–H and O–H groups in total. The number of piperazine rings is 1. The van der Waals surface area contributed by atoms with Gasteiger partial charge in [0.2, 0.25) is 0 Å². The Morgan fingerprint density at radius 3 is 2.35 bits per heavy atom. The average molecular weight is 313 g/mol. The first-order chi connectivity index (χ1) is 11.1. The van der Waals surface area contributed by atoms with Crippen molar-refractivity contribution in [3.63, 3.8) is 0 Å². The van der Waals surface area contributed by atoms with E-state index in [1.165, 1.54) is 5.69 Å². The van der Waals surface area contributed by atoms with Crippen molar-refractivity contribution >= 4 is 5.69 Å². The molecule has 4 heteroatoms. The third-order valence-corrected chi connectivity index (χ3v) is 3.88. The molecule has 0 aromatic heterocycles. The van der Waals surface area contributed by atoms with Gasteiger partial charge in [0.05, 0.1) is 6.61 Å². The number of anilines is 1. The standard InChI is InChI=1S/C19H27N3O/c1-4-17(7-6-16(3)20)21-12-14-22(15-13-21)18-8-10-19(11-9-18)23-5-2/h4,6-11H,1,5,12-15,20H2,2-3H3/b16-6+,17-7+. The van der Waals surface area contributed by atoms with E-state index in [0.29, 0.717) is 6.61 Å². The minimum absolute atomic E-state index is 0.700. The van der Waals surface area contributed by atoms with Gasteiger partial charge in [-0.15, -0.1) is 0 Å². The van der Waals surface area contributed by atoms with Crippen LogP contribution in [0.2, 0.25) is 0 Å². The molecule has 124 valence electrons. The Kier molecular flexibility index (Phi) is 6.15. The Labute approximate surface area is 139 Å². The molecule has 0 spiro atoms. The number of rotatable bonds is 6. The second-order valence-electron chi connectivity index (χ2n) is 5.61. The van der Waals surface area contributed by atoms with E-state index in [-0.39, 0.29) is 0 Å². The highest BCUT2D eigenvalue weighted by molar-refractivity contribution is 5.49. The van der Waals surface area contributed by atoms with Gasteiger partial charge in [-0.3, -0.25) is 0 Å². The van der Waals surface area contributed by atoms with E-state index in [1.54, 1.807) is 0 Å². The predicted molar refractivity (Wildman–Crippen MR) is 97.6 cm³/mol. The summed E-state index contributed by atoms with van der Waals surface area (Å²) in [5.41, 5.74) is 8.88. The van der Waals surface area contributed by atoms with Gasteiger partial charge < -0.3 is 20.3 Å². The van der Waals surface area contributed by atoms with E-state index >= 15 is 0 Å². The van der Waals surface area contributed by atoms with Crippen LogP contribution >= 0.6 is 0 Å². The molecule has 1 heterocycles. The Morgan fingerprint density at radius 1 is 1.17 bits per heavy atom. The number of ether oxygens (including phenoxy) is 1. The maximum Gasteiger partial charge on any atom is 0.119 e. The van der Waals surface area contributed by atoms with Crippen molar-refractivity contribution in [2.24, 2.45) is 5.73 Å². The van der Waals surface area contributed by atoms with E-state index in [1.807, 2.05) is 44.2 Å². The first-order valence-corrected chi connectivity index (χ1v) is 8.13. The highest BCUT2D eigenvalue weighted by atomic mass is 16.5. The van der Waals surface area contributed by atoms with Gasteiger partial charge in [-0.1, -0.05) is 6.58 Å². The predicted octanol–water partition coefficient (Wildman–Crippen LogP) is 3.14. The zero-order valence-electron chi connectivity index (χ0n) is 14.2. The van der Waals surface area contributed by atoms with Crippen molar-refractivity contribution in [3.05, 3.63) is 60.5 Å². The summed E-state index contributed by atoms with van der Waals surface area (Å²) in [6, 6.07) is 8.33. The highest BCUT2D eigenvalue weighted by Crippen LogP contribution is 2.22. The molecule has 0 radical (unpaired) electrons.